The largest absolute Gasteiger partial charge is 0.482 e. The molecular weight excluding hydrogens is 411 g/mol. The fourth-order valence-corrected chi connectivity index (χ4v) is 2.14. The van der Waals surface area contributed by atoms with Crippen molar-refractivity contribution in [1.82, 2.24) is 5.32 Å². The highest BCUT2D eigenvalue weighted by atomic mass is 79.9. The van der Waals surface area contributed by atoms with E-state index in [2.05, 4.69) is 26.0 Å². The molecule has 0 bridgehead atoms. The van der Waals surface area contributed by atoms with Crippen molar-refractivity contribution in [1.29, 1.82) is 0 Å². The Balaban J connectivity index is 1.70. The van der Waals surface area contributed by atoms with Crippen molar-refractivity contribution in [3.8, 4) is 5.75 Å². The molecule has 2 rings (SSSR count). The summed E-state index contributed by atoms with van der Waals surface area (Å²) in [7, 11) is 0. The average Bonchev–Trinajstić information content (AvgIpc) is 2.60. The molecule has 0 aliphatic carbocycles. The number of esters is 1. The number of ether oxygens (including phenoxy) is 2. The van der Waals surface area contributed by atoms with Crippen molar-refractivity contribution in [3.05, 3.63) is 58.8 Å². The van der Waals surface area contributed by atoms with Crippen LogP contribution in [0.4, 0.5) is 14.9 Å². The lowest BCUT2D eigenvalue weighted by molar-refractivity contribution is -0.150. The molecule has 7 nitrogen and oxygen atoms in total. The number of hydrogen-bond donors (Lipinski definition) is 2. The molecule has 0 fully saturated rings. The third-order valence-corrected chi connectivity index (χ3v) is 3.39. The van der Waals surface area contributed by atoms with E-state index in [1.54, 1.807) is 24.3 Å². The van der Waals surface area contributed by atoms with E-state index < -0.39 is 36.9 Å². The molecule has 0 aliphatic rings. The second-order valence-electron chi connectivity index (χ2n) is 4.89. The van der Waals surface area contributed by atoms with Gasteiger partial charge in [-0.15, -0.1) is 0 Å². The van der Waals surface area contributed by atoms with Gasteiger partial charge in [-0.2, -0.15) is 0 Å². The first kappa shape index (κ1) is 19.4. The van der Waals surface area contributed by atoms with Gasteiger partial charge in [-0.1, -0.05) is 34.1 Å². The van der Waals surface area contributed by atoms with Crippen LogP contribution >= 0.6 is 15.9 Å². The van der Waals surface area contributed by atoms with Crippen LogP contribution in [-0.4, -0.2) is 31.1 Å². The lowest BCUT2D eigenvalue weighted by Gasteiger charge is -2.09. The van der Waals surface area contributed by atoms with Crippen LogP contribution in [-0.2, 0) is 14.3 Å². The standard InChI is InChI=1S/C17H14BrFN2O5/c18-11-4-3-5-12(8-11)25-10-16(23)26-9-15(22)21-17(24)20-14-7-2-1-6-13(14)19/h1-8H,9-10H2,(H2,20,21,22,24). The summed E-state index contributed by atoms with van der Waals surface area (Å²) >= 11 is 3.26. The van der Waals surface area contributed by atoms with Gasteiger partial charge in [-0.25, -0.2) is 14.0 Å². The first-order valence-electron chi connectivity index (χ1n) is 7.33. The summed E-state index contributed by atoms with van der Waals surface area (Å²) < 4.78 is 24.0. The molecule has 0 unspecified atom stereocenters. The monoisotopic (exact) mass is 424 g/mol. The molecule has 0 saturated carbocycles. The van der Waals surface area contributed by atoms with Crippen molar-refractivity contribution in [2.45, 2.75) is 0 Å². The normalized spacial score (nSPS) is 9.92. The maximum absolute atomic E-state index is 13.4. The lowest BCUT2D eigenvalue weighted by atomic mass is 10.3. The smallest absolute Gasteiger partial charge is 0.344 e. The van der Waals surface area contributed by atoms with Gasteiger partial charge in [0.05, 0.1) is 5.69 Å². The Morgan fingerprint density at radius 3 is 2.54 bits per heavy atom. The van der Waals surface area contributed by atoms with Gasteiger partial charge in [-0.05, 0) is 30.3 Å². The molecule has 0 spiro atoms. The summed E-state index contributed by atoms with van der Waals surface area (Å²) in [6, 6.07) is 11.4. The Hall–Kier alpha value is -2.94. The Kier molecular flexibility index (Phi) is 7.10. The van der Waals surface area contributed by atoms with E-state index in [0.29, 0.717) is 5.75 Å². The van der Waals surface area contributed by atoms with Gasteiger partial charge in [-0.3, -0.25) is 10.1 Å². The molecule has 2 aromatic rings. The summed E-state index contributed by atoms with van der Waals surface area (Å²) in [6.07, 6.45) is 0. The zero-order valence-electron chi connectivity index (χ0n) is 13.3. The highest BCUT2D eigenvalue weighted by Crippen LogP contribution is 2.17. The number of urea groups is 1. The van der Waals surface area contributed by atoms with Crippen molar-refractivity contribution in [2.75, 3.05) is 18.5 Å². The van der Waals surface area contributed by atoms with Crippen LogP contribution in [0.2, 0.25) is 0 Å². The van der Waals surface area contributed by atoms with Gasteiger partial charge >= 0.3 is 12.0 Å². The van der Waals surface area contributed by atoms with E-state index in [9.17, 15) is 18.8 Å². The molecular formula is C17H14BrFN2O5. The van der Waals surface area contributed by atoms with Crippen LogP contribution in [0.15, 0.2) is 53.0 Å². The minimum absolute atomic E-state index is 0.0859. The van der Waals surface area contributed by atoms with Crippen molar-refractivity contribution >= 4 is 39.5 Å². The fourth-order valence-electron chi connectivity index (χ4n) is 1.77. The van der Waals surface area contributed by atoms with Crippen LogP contribution in [0, 0.1) is 5.82 Å². The maximum atomic E-state index is 13.4. The van der Waals surface area contributed by atoms with Crippen LogP contribution in [0.3, 0.4) is 0 Å². The number of carbonyl (C=O) groups excluding carboxylic acids is 3. The molecule has 26 heavy (non-hydrogen) atoms. The summed E-state index contributed by atoms with van der Waals surface area (Å²) in [6.45, 7) is -1.07. The zero-order chi connectivity index (χ0) is 18.9. The van der Waals surface area contributed by atoms with Crippen LogP contribution in [0.25, 0.3) is 0 Å². The molecule has 136 valence electrons. The summed E-state index contributed by atoms with van der Waals surface area (Å²) in [5, 5.41) is 4.08. The molecule has 2 aromatic carbocycles. The molecule has 0 saturated heterocycles. The van der Waals surface area contributed by atoms with Gasteiger partial charge in [0.2, 0.25) is 0 Å². The number of anilines is 1. The number of para-hydroxylation sites is 1. The van der Waals surface area contributed by atoms with Crippen LogP contribution < -0.4 is 15.4 Å². The number of amides is 3. The molecule has 0 atom stereocenters. The van der Waals surface area contributed by atoms with E-state index in [1.165, 1.54) is 18.2 Å². The minimum Gasteiger partial charge on any atom is -0.482 e. The second kappa shape index (κ2) is 9.52. The Labute approximate surface area is 156 Å². The van der Waals surface area contributed by atoms with Gasteiger partial charge < -0.3 is 14.8 Å². The van der Waals surface area contributed by atoms with Crippen LogP contribution in [0.5, 0.6) is 5.75 Å². The Morgan fingerprint density at radius 1 is 1.04 bits per heavy atom. The number of nitrogens with one attached hydrogen (secondary N) is 2. The lowest BCUT2D eigenvalue weighted by Crippen LogP contribution is -2.37. The van der Waals surface area contributed by atoms with Gasteiger partial charge in [0.15, 0.2) is 13.2 Å². The number of benzene rings is 2. The van der Waals surface area contributed by atoms with E-state index >= 15 is 0 Å². The topological polar surface area (TPSA) is 93.7 Å². The average molecular weight is 425 g/mol. The molecule has 3 amide bonds. The number of carbonyl (C=O) groups is 3. The van der Waals surface area contributed by atoms with Crippen molar-refractivity contribution < 1.29 is 28.2 Å². The van der Waals surface area contributed by atoms with Gasteiger partial charge in [0, 0.05) is 4.47 Å². The van der Waals surface area contributed by atoms with Crippen LogP contribution in [0.1, 0.15) is 0 Å². The predicted octanol–water partition coefficient (Wildman–Crippen LogP) is 2.86. The summed E-state index contributed by atoms with van der Waals surface area (Å²) in [5.41, 5.74) is -0.0859. The van der Waals surface area contributed by atoms with E-state index in [1.807, 2.05) is 5.32 Å². The highest BCUT2D eigenvalue weighted by molar-refractivity contribution is 9.10. The predicted molar refractivity (Wildman–Crippen MR) is 94.2 cm³/mol. The number of imide groups is 1. The molecule has 2 N–H and O–H groups in total. The molecule has 9 heteroatoms. The molecule has 0 aromatic heterocycles. The van der Waals surface area contributed by atoms with Gasteiger partial charge in [0.1, 0.15) is 11.6 Å². The zero-order valence-corrected chi connectivity index (χ0v) is 14.9. The fraction of sp³-hybridized carbons (Fsp3) is 0.118. The minimum atomic E-state index is -0.943. The Morgan fingerprint density at radius 2 is 1.81 bits per heavy atom. The quantitative estimate of drug-likeness (QED) is 0.695. The molecule has 0 heterocycles. The van der Waals surface area contributed by atoms with Gasteiger partial charge in [0.25, 0.3) is 5.91 Å². The maximum Gasteiger partial charge on any atom is 0.344 e. The van der Waals surface area contributed by atoms with Crippen molar-refractivity contribution in [2.24, 2.45) is 0 Å². The Bertz CT molecular complexity index is 815. The van der Waals surface area contributed by atoms with E-state index in [-0.39, 0.29) is 5.69 Å². The second-order valence-corrected chi connectivity index (χ2v) is 5.80. The molecule has 0 radical (unpaired) electrons. The third-order valence-electron chi connectivity index (χ3n) is 2.89. The first-order valence-corrected chi connectivity index (χ1v) is 8.12. The van der Waals surface area contributed by atoms with E-state index in [0.717, 1.165) is 10.5 Å². The number of rotatable bonds is 6. The SMILES string of the molecule is O=C(COC(=O)COc1cccc(Br)c1)NC(=O)Nc1ccccc1F. The first-order chi connectivity index (χ1) is 12.4. The summed E-state index contributed by atoms with van der Waals surface area (Å²) in [4.78, 5) is 34.7. The highest BCUT2D eigenvalue weighted by Gasteiger charge is 2.13. The molecule has 0 aliphatic heterocycles. The van der Waals surface area contributed by atoms with Crippen molar-refractivity contribution in [3.63, 3.8) is 0 Å². The number of hydrogen-bond acceptors (Lipinski definition) is 5. The number of halogens is 2. The summed E-state index contributed by atoms with van der Waals surface area (Å²) in [5.74, 6) is -1.85. The van der Waals surface area contributed by atoms with E-state index in [4.69, 9.17) is 4.74 Å². The third kappa shape index (κ3) is 6.52.